The molecular formula is C39H46ClN3O9S2. The molecule has 4 atom stereocenters. The lowest BCUT2D eigenvalue weighted by molar-refractivity contribution is -0.155. The van der Waals surface area contributed by atoms with Crippen molar-refractivity contribution in [2.24, 2.45) is 17.8 Å². The first-order valence-electron chi connectivity index (χ1n) is 18.0. The Morgan fingerprint density at radius 3 is 2.28 bits per heavy atom. The molecule has 0 saturated carbocycles. The number of amides is 1. The van der Waals surface area contributed by atoms with Gasteiger partial charge in [0.25, 0.3) is 0 Å². The Labute approximate surface area is 322 Å². The minimum atomic E-state index is -3.96. The molecule has 3 aromatic carbocycles. The summed E-state index contributed by atoms with van der Waals surface area (Å²) in [6.45, 7) is 7.06. The summed E-state index contributed by atoms with van der Waals surface area (Å²) < 4.78 is 69.2. The maximum Gasteiger partial charge on any atom is 0.341 e. The number of piperidine rings is 2. The summed E-state index contributed by atoms with van der Waals surface area (Å²) in [6.07, 6.45) is 1.06. The van der Waals surface area contributed by atoms with Crippen molar-refractivity contribution in [3.63, 3.8) is 0 Å². The molecule has 15 heteroatoms. The fourth-order valence-corrected chi connectivity index (χ4v) is 10.5. The van der Waals surface area contributed by atoms with Crippen LogP contribution >= 0.6 is 11.6 Å². The van der Waals surface area contributed by atoms with Gasteiger partial charge in [0.2, 0.25) is 26.0 Å². The molecule has 290 valence electrons. The van der Waals surface area contributed by atoms with E-state index < -0.39 is 38.7 Å². The minimum absolute atomic E-state index is 0.00729. The van der Waals surface area contributed by atoms with E-state index in [1.54, 1.807) is 12.1 Å². The number of likely N-dealkylation sites (tertiary alicyclic amines) is 1. The molecule has 3 fully saturated rings. The third kappa shape index (κ3) is 8.69. The number of carbonyl (C=O) groups is 2. The predicted octanol–water partition coefficient (Wildman–Crippen LogP) is 5.60. The van der Waals surface area contributed by atoms with Gasteiger partial charge in [0.15, 0.2) is 6.61 Å². The fourth-order valence-electron chi connectivity index (χ4n) is 7.74. The van der Waals surface area contributed by atoms with Crippen molar-refractivity contribution in [3.05, 3.63) is 101 Å². The highest BCUT2D eigenvalue weighted by molar-refractivity contribution is 7.89. The van der Waals surface area contributed by atoms with Gasteiger partial charge in [-0.15, -0.1) is 0 Å². The molecule has 3 heterocycles. The first-order valence-corrected chi connectivity index (χ1v) is 21.2. The summed E-state index contributed by atoms with van der Waals surface area (Å²) in [5.74, 6) is -1.56. The van der Waals surface area contributed by atoms with Crippen molar-refractivity contribution in [1.29, 1.82) is 0 Å². The molecule has 3 saturated heterocycles. The third-order valence-electron chi connectivity index (χ3n) is 10.7. The van der Waals surface area contributed by atoms with Crippen LogP contribution in [0, 0.1) is 17.8 Å². The summed E-state index contributed by atoms with van der Waals surface area (Å²) in [7, 11) is -6.15. The SMILES string of the molecule is C=C(C)[C@H]1C[C@@H]2CN(C(=O)C3CCN(S(=O)(=O)c4ccc(Cl)cc4)CC3)CC[C@@H]2O[C@@H]1c1cc(S(=O)(=O)N(C)Cc2ccccc2)ccc1OCC(=O)O. The number of rotatable bonds is 12. The quantitative estimate of drug-likeness (QED) is 0.231. The third-order valence-corrected chi connectivity index (χ3v) is 14.7. The standard InChI is InChI=1S/C39H46ClN3O9S2/c1-26(2)33-21-29-24-42(39(46)28-15-19-43(20-16-28)54(49,50)31-11-9-30(40)10-12-31)18-17-35(29)52-38(33)34-22-32(13-14-36(34)51-25-37(44)45)53(47,48)41(3)23-27-7-5-4-6-8-27/h4-14,22,28-29,33,35,38H,1,15-21,23-25H2,2-3H3,(H,44,45)/t29-,33-,35+,38+/m1/s1. The number of carboxylic acids is 1. The molecule has 0 aliphatic carbocycles. The lowest BCUT2D eigenvalue weighted by atomic mass is 9.76. The van der Waals surface area contributed by atoms with Gasteiger partial charge in [-0.2, -0.15) is 8.61 Å². The highest BCUT2D eigenvalue weighted by Crippen LogP contribution is 2.48. The van der Waals surface area contributed by atoms with Gasteiger partial charge < -0.3 is 19.5 Å². The van der Waals surface area contributed by atoms with Gasteiger partial charge in [-0.1, -0.05) is 54.1 Å². The number of ether oxygens (including phenoxy) is 2. The van der Waals surface area contributed by atoms with Crippen LogP contribution in [-0.4, -0.2) is 93.3 Å². The molecule has 0 radical (unpaired) electrons. The van der Waals surface area contributed by atoms with Gasteiger partial charge in [-0.3, -0.25) is 4.79 Å². The summed E-state index contributed by atoms with van der Waals surface area (Å²) in [6, 6.07) is 19.7. The summed E-state index contributed by atoms with van der Waals surface area (Å²) in [5.41, 5.74) is 2.05. The van der Waals surface area contributed by atoms with Crippen LogP contribution in [0.5, 0.6) is 5.75 Å². The highest BCUT2D eigenvalue weighted by Gasteiger charge is 2.45. The monoisotopic (exact) mass is 799 g/mol. The van der Waals surface area contributed by atoms with Crippen molar-refractivity contribution < 1.29 is 41.0 Å². The Kier molecular flexibility index (Phi) is 12.2. The number of carboxylic acid groups (broad SMARTS) is 1. The van der Waals surface area contributed by atoms with Gasteiger partial charge in [0, 0.05) is 68.1 Å². The molecule has 0 unspecified atom stereocenters. The van der Waals surface area contributed by atoms with E-state index in [2.05, 4.69) is 6.58 Å². The molecule has 6 rings (SSSR count). The first-order chi connectivity index (χ1) is 25.6. The van der Waals surface area contributed by atoms with Crippen LogP contribution in [0.4, 0.5) is 0 Å². The van der Waals surface area contributed by atoms with E-state index in [0.717, 1.165) is 11.1 Å². The average Bonchev–Trinajstić information content (AvgIpc) is 3.16. The predicted molar refractivity (Wildman–Crippen MR) is 203 cm³/mol. The number of hydrogen-bond donors (Lipinski definition) is 1. The molecule has 0 aromatic heterocycles. The van der Waals surface area contributed by atoms with E-state index in [1.807, 2.05) is 42.2 Å². The number of halogens is 1. The number of hydrogen-bond acceptors (Lipinski definition) is 8. The smallest absolute Gasteiger partial charge is 0.341 e. The Balaban J connectivity index is 1.17. The molecule has 3 aliphatic rings. The van der Waals surface area contributed by atoms with E-state index in [-0.39, 0.29) is 64.9 Å². The van der Waals surface area contributed by atoms with E-state index in [1.165, 1.54) is 46.0 Å². The summed E-state index contributed by atoms with van der Waals surface area (Å²) in [5, 5.41) is 9.85. The van der Waals surface area contributed by atoms with Crippen molar-refractivity contribution in [1.82, 2.24) is 13.5 Å². The van der Waals surface area contributed by atoms with E-state index in [9.17, 15) is 31.5 Å². The number of fused-ring (bicyclic) bond motifs is 1. The zero-order chi connectivity index (χ0) is 38.8. The molecule has 0 bridgehead atoms. The molecule has 54 heavy (non-hydrogen) atoms. The largest absolute Gasteiger partial charge is 0.482 e. The Bertz CT molecular complexity index is 2070. The number of carbonyl (C=O) groups excluding carboxylic acids is 1. The topological polar surface area (TPSA) is 151 Å². The van der Waals surface area contributed by atoms with E-state index in [0.29, 0.717) is 49.4 Å². The zero-order valence-electron chi connectivity index (χ0n) is 30.3. The minimum Gasteiger partial charge on any atom is -0.482 e. The van der Waals surface area contributed by atoms with Crippen LogP contribution in [0.2, 0.25) is 5.02 Å². The molecule has 12 nitrogen and oxygen atoms in total. The van der Waals surface area contributed by atoms with Gasteiger partial charge >= 0.3 is 5.97 Å². The van der Waals surface area contributed by atoms with Crippen LogP contribution < -0.4 is 4.74 Å². The normalized spacial score (nSPS) is 22.8. The maximum absolute atomic E-state index is 13.8. The van der Waals surface area contributed by atoms with Gasteiger partial charge in [0.05, 0.1) is 22.0 Å². The number of aliphatic carboxylic acids is 1. The van der Waals surface area contributed by atoms with E-state index in [4.69, 9.17) is 21.1 Å². The first kappa shape index (κ1) is 39.9. The number of sulfonamides is 2. The Morgan fingerprint density at radius 1 is 0.963 bits per heavy atom. The molecule has 0 spiro atoms. The second-order valence-electron chi connectivity index (χ2n) is 14.4. The molecule has 1 N–H and O–H groups in total. The molecule has 1 amide bonds. The van der Waals surface area contributed by atoms with Crippen LogP contribution in [-0.2, 0) is 40.9 Å². The Hall–Kier alpha value is -3.79. The van der Waals surface area contributed by atoms with Gasteiger partial charge in [-0.05, 0) is 80.6 Å². The van der Waals surface area contributed by atoms with Crippen molar-refractivity contribution in [3.8, 4) is 5.75 Å². The van der Waals surface area contributed by atoms with Crippen LogP contribution in [0.1, 0.15) is 49.8 Å². The number of nitrogens with zero attached hydrogens (tertiary/aromatic N) is 3. The summed E-state index contributed by atoms with van der Waals surface area (Å²) >= 11 is 5.95. The second kappa shape index (κ2) is 16.5. The molecule has 3 aliphatic heterocycles. The second-order valence-corrected chi connectivity index (χ2v) is 18.8. The fraction of sp³-hybridized carbons (Fsp3) is 0.436. The van der Waals surface area contributed by atoms with E-state index >= 15 is 0 Å². The summed E-state index contributed by atoms with van der Waals surface area (Å²) in [4.78, 5) is 27.4. The maximum atomic E-state index is 13.8. The van der Waals surface area contributed by atoms with Gasteiger partial charge in [0.1, 0.15) is 5.75 Å². The zero-order valence-corrected chi connectivity index (χ0v) is 32.7. The number of benzene rings is 3. The lowest BCUT2D eigenvalue weighted by Crippen LogP contribution is -2.53. The highest BCUT2D eigenvalue weighted by atomic mass is 35.5. The van der Waals surface area contributed by atoms with Crippen LogP contribution in [0.15, 0.2) is 94.7 Å². The van der Waals surface area contributed by atoms with Crippen LogP contribution in [0.3, 0.4) is 0 Å². The van der Waals surface area contributed by atoms with Crippen molar-refractivity contribution >= 4 is 43.5 Å². The molecule has 3 aromatic rings. The Morgan fingerprint density at radius 2 is 1.63 bits per heavy atom. The van der Waals surface area contributed by atoms with Gasteiger partial charge in [-0.25, -0.2) is 21.6 Å². The van der Waals surface area contributed by atoms with Crippen molar-refractivity contribution in [2.45, 2.75) is 61.2 Å². The van der Waals surface area contributed by atoms with Crippen LogP contribution in [0.25, 0.3) is 0 Å². The average molecular weight is 800 g/mol. The van der Waals surface area contributed by atoms with Crippen molar-refractivity contribution in [2.75, 3.05) is 39.8 Å². The molecular weight excluding hydrogens is 754 g/mol. The lowest BCUT2D eigenvalue weighted by Gasteiger charge is -2.48.